The van der Waals surface area contributed by atoms with Gasteiger partial charge in [-0.2, -0.15) is 0 Å². The smallest absolute Gasteiger partial charge is 0.267 e. The maximum atomic E-state index is 13.3. The van der Waals surface area contributed by atoms with Crippen molar-refractivity contribution in [2.45, 2.75) is 31.8 Å². The van der Waals surface area contributed by atoms with Crippen LogP contribution in [0.1, 0.15) is 50.2 Å². The molecule has 1 aromatic heterocycles. The summed E-state index contributed by atoms with van der Waals surface area (Å²) < 4.78 is 17.3. The van der Waals surface area contributed by atoms with Crippen molar-refractivity contribution in [2.24, 2.45) is 0 Å². The van der Waals surface area contributed by atoms with Gasteiger partial charge in [0.2, 0.25) is 11.8 Å². The highest BCUT2D eigenvalue weighted by molar-refractivity contribution is 6.25. The lowest BCUT2D eigenvalue weighted by atomic mass is 10.0. The van der Waals surface area contributed by atoms with Crippen molar-refractivity contribution >= 4 is 52.2 Å². The first-order valence-electron chi connectivity index (χ1n) is 18.6. The molecule has 5 amide bonds. The highest BCUT2D eigenvalue weighted by Gasteiger charge is 2.45. The number of ether oxygens (including phenoxy) is 3. The lowest BCUT2D eigenvalue weighted by Crippen LogP contribution is -2.54. The quantitative estimate of drug-likeness (QED) is 0.0275. The third-order valence-electron chi connectivity index (χ3n) is 9.62. The number of carbonyl (C=O) groups excluding carboxylic acids is 5. The number of rotatable bonds is 21. The molecule has 4 aromatic rings. The minimum Gasteiger partial charge on any atom is -0.382 e. The fraction of sp³-hybridized carbons (Fsp3) is 0.341. The molecule has 1 fully saturated rings. The van der Waals surface area contributed by atoms with E-state index in [0.717, 1.165) is 47.6 Å². The average molecular weight is 767 g/mol. The van der Waals surface area contributed by atoms with Crippen LogP contribution < -0.4 is 16.1 Å². The maximum Gasteiger partial charge on any atom is 0.267 e. The lowest BCUT2D eigenvalue weighted by Gasteiger charge is -2.27. The summed E-state index contributed by atoms with van der Waals surface area (Å²) in [5.41, 5.74) is 6.83. The number of H-pyrrole nitrogens is 1. The number of piperidine rings is 1. The summed E-state index contributed by atoms with van der Waals surface area (Å²) in [4.78, 5) is 68.2. The van der Waals surface area contributed by atoms with Gasteiger partial charge in [0.15, 0.2) is 0 Å². The number of imide groups is 2. The van der Waals surface area contributed by atoms with Crippen LogP contribution in [-0.2, 0) is 41.6 Å². The van der Waals surface area contributed by atoms with Gasteiger partial charge in [-0.05, 0) is 53.8 Å². The molecule has 1 atom stereocenters. The minimum atomic E-state index is -1.02. The van der Waals surface area contributed by atoms with Gasteiger partial charge in [0, 0.05) is 61.5 Å². The van der Waals surface area contributed by atoms with Gasteiger partial charge in [-0.1, -0.05) is 48.5 Å². The number of aromatic nitrogens is 1. The Morgan fingerprint density at radius 1 is 0.875 bits per heavy atom. The predicted octanol–water partition coefficient (Wildman–Crippen LogP) is 3.29. The van der Waals surface area contributed by atoms with Gasteiger partial charge in [0.25, 0.3) is 17.7 Å². The van der Waals surface area contributed by atoms with Gasteiger partial charge in [-0.3, -0.25) is 44.3 Å². The number of hydroxylamine groups is 1. The summed E-state index contributed by atoms with van der Waals surface area (Å²) in [5.74, 6) is -2.77. The molecule has 0 aliphatic carbocycles. The van der Waals surface area contributed by atoms with E-state index in [0.29, 0.717) is 51.9 Å². The number of benzene rings is 3. The molecule has 3 aromatic carbocycles. The summed E-state index contributed by atoms with van der Waals surface area (Å²) >= 11 is 0. The van der Waals surface area contributed by atoms with E-state index < -0.39 is 35.6 Å². The van der Waals surface area contributed by atoms with Crippen LogP contribution in [0.25, 0.3) is 17.0 Å². The third-order valence-corrected chi connectivity index (χ3v) is 9.62. The number of aromatic amines is 1. The van der Waals surface area contributed by atoms with Crippen molar-refractivity contribution in [3.8, 4) is 0 Å². The highest BCUT2D eigenvalue weighted by atomic mass is 16.5. The summed E-state index contributed by atoms with van der Waals surface area (Å²) in [6, 6.07) is 20.1. The van der Waals surface area contributed by atoms with E-state index in [9.17, 15) is 24.0 Å². The number of hydrogen-bond donors (Lipinski definition) is 5. The van der Waals surface area contributed by atoms with E-state index in [1.807, 2.05) is 36.4 Å². The van der Waals surface area contributed by atoms with E-state index in [-0.39, 0.29) is 24.0 Å². The first-order valence-corrected chi connectivity index (χ1v) is 18.6. The molecule has 0 radical (unpaired) electrons. The van der Waals surface area contributed by atoms with Crippen LogP contribution in [-0.4, -0.2) is 115 Å². The van der Waals surface area contributed by atoms with Gasteiger partial charge in [-0.15, -0.1) is 0 Å². The van der Waals surface area contributed by atoms with Crippen molar-refractivity contribution in [1.29, 1.82) is 0 Å². The number of carbonyl (C=O) groups is 5. The van der Waals surface area contributed by atoms with Crippen LogP contribution in [0, 0.1) is 0 Å². The molecule has 0 saturated carbocycles. The summed E-state index contributed by atoms with van der Waals surface area (Å²) in [6.07, 6.45) is 6.00. The molecule has 15 nitrogen and oxygen atoms in total. The van der Waals surface area contributed by atoms with Crippen LogP contribution in [0.5, 0.6) is 0 Å². The Bertz CT molecular complexity index is 2050. The van der Waals surface area contributed by atoms with Crippen LogP contribution in [0.4, 0.5) is 5.69 Å². The Balaban J connectivity index is 0.880. The van der Waals surface area contributed by atoms with Crippen molar-refractivity contribution in [3.05, 3.63) is 107 Å². The van der Waals surface area contributed by atoms with Gasteiger partial charge >= 0.3 is 0 Å². The molecule has 56 heavy (non-hydrogen) atoms. The Hall–Kier alpha value is -5.71. The normalized spacial score (nSPS) is 15.6. The molecule has 294 valence electrons. The number of nitrogens with one attached hydrogen (secondary N) is 4. The zero-order valence-electron chi connectivity index (χ0n) is 31.0. The molecule has 1 unspecified atom stereocenters. The third kappa shape index (κ3) is 10.3. The summed E-state index contributed by atoms with van der Waals surface area (Å²) in [6.45, 7) is 5.09. The van der Waals surface area contributed by atoms with Gasteiger partial charge in [0.05, 0.1) is 50.8 Å². The second kappa shape index (κ2) is 19.7. The number of hydrogen-bond acceptors (Lipinski definition) is 11. The van der Waals surface area contributed by atoms with Crippen LogP contribution >= 0.6 is 0 Å². The zero-order chi connectivity index (χ0) is 39.3. The molecule has 5 N–H and O–H groups in total. The number of amides is 5. The van der Waals surface area contributed by atoms with Crippen LogP contribution in [0.3, 0.4) is 0 Å². The van der Waals surface area contributed by atoms with Gasteiger partial charge in [-0.25, -0.2) is 5.48 Å². The monoisotopic (exact) mass is 766 g/mol. The van der Waals surface area contributed by atoms with E-state index in [1.54, 1.807) is 29.8 Å². The highest BCUT2D eigenvalue weighted by Crippen LogP contribution is 2.32. The second-order valence-electron chi connectivity index (χ2n) is 13.4. The van der Waals surface area contributed by atoms with Crippen molar-refractivity contribution in [2.75, 3.05) is 64.6 Å². The Kier molecular flexibility index (Phi) is 14.1. The van der Waals surface area contributed by atoms with Crippen LogP contribution in [0.15, 0.2) is 79.0 Å². The first-order chi connectivity index (χ1) is 27.3. The molecule has 3 heterocycles. The Labute approximate surface area is 323 Å². The first kappa shape index (κ1) is 40.0. The number of fused-ring (bicyclic) bond motifs is 2. The SMILES string of the molecule is O=C(/C=C/c1ccc(CN(CCOCCOCCOCCNc2cccc3c2C(=O)N(C2CCC(=O)NC2=O)C3=O)CCc2c[nH]c3ccccc23)cc1)NO. The van der Waals surface area contributed by atoms with E-state index in [2.05, 4.69) is 38.8 Å². The fourth-order valence-corrected chi connectivity index (χ4v) is 6.74. The molecular weight excluding hydrogens is 720 g/mol. The second-order valence-corrected chi connectivity index (χ2v) is 13.4. The molecule has 1 saturated heterocycles. The standard InChI is InChI=1S/C41H46N6O9/c48-36-15-13-35(39(50)44-36)47-40(51)32-5-3-7-34(38(32)41(47)52)42-17-20-54-22-24-56-25-23-55-21-19-46(18-16-30-26-43-33-6-2-1-4-31(30)33)27-29-10-8-28(9-11-29)12-14-37(49)45-53/h1-12,14,26,35,42-43,53H,13,15-25,27H2,(H,45,49)(H,44,48,50)/b14-12+. The molecular formula is C41H46N6O9. The minimum absolute atomic E-state index is 0.0601. The molecule has 2 aliphatic heterocycles. The maximum absolute atomic E-state index is 13.3. The Morgan fingerprint density at radius 2 is 1.62 bits per heavy atom. The van der Waals surface area contributed by atoms with Crippen molar-refractivity contribution < 1.29 is 43.4 Å². The van der Waals surface area contributed by atoms with Crippen LogP contribution in [0.2, 0.25) is 0 Å². The topological polar surface area (TPSA) is 192 Å². The molecule has 15 heteroatoms. The molecule has 6 rings (SSSR count). The average Bonchev–Trinajstić information content (AvgIpc) is 3.74. The largest absolute Gasteiger partial charge is 0.382 e. The summed E-state index contributed by atoms with van der Waals surface area (Å²) in [7, 11) is 0. The van der Waals surface area contributed by atoms with Crippen molar-refractivity contribution in [3.63, 3.8) is 0 Å². The molecule has 0 bridgehead atoms. The Morgan fingerprint density at radius 3 is 2.39 bits per heavy atom. The fourth-order valence-electron chi connectivity index (χ4n) is 6.74. The van der Waals surface area contributed by atoms with Gasteiger partial charge in [0.1, 0.15) is 6.04 Å². The zero-order valence-corrected chi connectivity index (χ0v) is 31.0. The lowest BCUT2D eigenvalue weighted by molar-refractivity contribution is -0.136. The molecule has 0 spiro atoms. The number of nitrogens with zero attached hydrogens (tertiary/aromatic N) is 2. The van der Waals surface area contributed by atoms with Gasteiger partial charge < -0.3 is 24.5 Å². The number of anilines is 1. The summed E-state index contributed by atoms with van der Waals surface area (Å²) in [5, 5.41) is 15.3. The van der Waals surface area contributed by atoms with E-state index in [4.69, 9.17) is 19.4 Å². The number of para-hydroxylation sites is 1. The molecule has 2 aliphatic rings. The predicted molar refractivity (Wildman–Crippen MR) is 207 cm³/mol. The van der Waals surface area contributed by atoms with E-state index >= 15 is 0 Å². The van der Waals surface area contributed by atoms with E-state index in [1.165, 1.54) is 17.0 Å². The van der Waals surface area contributed by atoms with Crippen molar-refractivity contribution in [1.82, 2.24) is 25.6 Å².